The van der Waals surface area contributed by atoms with Gasteiger partial charge in [0.1, 0.15) is 17.4 Å². The lowest BCUT2D eigenvalue weighted by Crippen LogP contribution is -2.44. The largest absolute Gasteiger partial charge is 0.484 e. The zero-order chi connectivity index (χ0) is 18.6. The van der Waals surface area contributed by atoms with Crippen molar-refractivity contribution in [2.45, 2.75) is 13.0 Å². The first kappa shape index (κ1) is 17.7. The van der Waals surface area contributed by atoms with E-state index < -0.39 is 0 Å². The molecular weight excluding hydrogens is 347 g/mol. The van der Waals surface area contributed by atoms with Crippen molar-refractivity contribution >= 4 is 11.7 Å². The molecule has 7 heteroatoms. The van der Waals surface area contributed by atoms with Gasteiger partial charge in [-0.2, -0.15) is 0 Å². The van der Waals surface area contributed by atoms with Gasteiger partial charge in [-0.05, 0) is 35.9 Å². The fourth-order valence-corrected chi connectivity index (χ4v) is 3.45. The molecule has 0 radical (unpaired) electrons. The second-order valence-electron chi connectivity index (χ2n) is 6.82. The lowest BCUT2D eigenvalue weighted by atomic mass is 10.1. The molecule has 0 spiro atoms. The molecule has 6 nitrogen and oxygen atoms in total. The second kappa shape index (κ2) is 7.92. The normalized spacial score (nSPS) is 16.8. The van der Waals surface area contributed by atoms with Crippen molar-refractivity contribution in [2.24, 2.45) is 0 Å². The Balaban J connectivity index is 1.36. The lowest BCUT2D eigenvalue weighted by Gasteiger charge is -2.31. The van der Waals surface area contributed by atoms with Crippen molar-refractivity contribution in [3.63, 3.8) is 0 Å². The van der Waals surface area contributed by atoms with Crippen LogP contribution >= 0.6 is 0 Å². The number of rotatable bonds is 4. The summed E-state index contributed by atoms with van der Waals surface area (Å²) in [5.74, 6) is 1.12. The van der Waals surface area contributed by atoms with Crippen LogP contribution in [0.1, 0.15) is 11.3 Å². The summed E-state index contributed by atoms with van der Waals surface area (Å²) in [4.78, 5) is 21.4. The van der Waals surface area contributed by atoms with Gasteiger partial charge in [-0.25, -0.2) is 9.37 Å². The minimum atomic E-state index is -0.325. The summed E-state index contributed by atoms with van der Waals surface area (Å²) in [6.07, 6.45) is 0.748. The van der Waals surface area contributed by atoms with E-state index in [0.29, 0.717) is 18.8 Å². The summed E-state index contributed by atoms with van der Waals surface area (Å²) in [5.41, 5.74) is 2.17. The van der Waals surface area contributed by atoms with Crippen molar-refractivity contribution in [3.05, 3.63) is 53.5 Å². The highest BCUT2D eigenvalue weighted by atomic mass is 19.1. The average molecular weight is 370 g/mol. The Morgan fingerprint density at radius 2 is 1.89 bits per heavy atom. The molecule has 1 aromatic heterocycles. The minimum Gasteiger partial charge on any atom is -0.484 e. The number of benzene rings is 1. The van der Waals surface area contributed by atoms with Crippen LogP contribution in [0.4, 0.5) is 10.2 Å². The van der Waals surface area contributed by atoms with E-state index >= 15 is 0 Å². The van der Waals surface area contributed by atoms with Crippen LogP contribution < -0.4 is 15.0 Å². The number of nitrogens with one attached hydrogen (secondary N) is 1. The van der Waals surface area contributed by atoms with Crippen molar-refractivity contribution in [1.29, 1.82) is 0 Å². The summed E-state index contributed by atoms with van der Waals surface area (Å²) in [6.45, 7) is 5.04. The van der Waals surface area contributed by atoms with E-state index in [4.69, 9.17) is 9.72 Å². The number of aromatic nitrogens is 1. The smallest absolute Gasteiger partial charge is 0.260 e. The molecule has 142 valence electrons. The van der Waals surface area contributed by atoms with E-state index in [1.54, 1.807) is 4.90 Å². The molecule has 2 aromatic rings. The van der Waals surface area contributed by atoms with E-state index in [9.17, 15) is 9.18 Å². The average Bonchev–Trinajstić information content (AvgIpc) is 2.73. The number of pyridine rings is 1. The third-order valence-electron chi connectivity index (χ3n) is 5.00. The maximum Gasteiger partial charge on any atom is 0.260 e. The van der Waals surface area contributed by atoms with Crippen LogP contribution in [0.25, 0.3) is 0 Å². The summed E-state index contributed by atoms with van der Waals surface area (Å²) < 4.78 is 18.4. The van der Waals surface area contributed by atoms with Gasteiger partial charge in [-0.1, -0.05) is 6.07 Å². The number of carbonyl (C=O) groups is 1. The molecule has 0 aliphatic carbocycles. The van der Waals surface area contributed by atoms with Crippen molar-refractivity contribution in [3.8, 4) is 5.75 Å². The molecule has 1 fully saturated rings. The molecular formula is C20H23FN4O2. The van der Waals surface area contributed by atoms with Crippen LogP contribution in [0.3, 0.4) is 0 Å². The Bertz CT molecular complexity index is 806. The molecule has 0 atom stereocenters. The van der Waals surface area contributed by atoms with Gasteiger partial charge in [-0.3, -0.25) is 4.79 Å². The van der Waals surface area contributed by atoms with Crippen molar-refractivity contribution in [1.82, 2.24) is 15.2 Å². The lowest BCUT2D eigenvalue weighted by molar-refractivity contribution is -0.134. The number of piperazine rings is 1. The molecule has 1 amide bonds. The highest BCUT2D eigenvalue weighted by molar-refractivity contribution is 5.78. The summed E-state index contributed by atoms with van der Waals surface area (Å²) in [6, 6.07) is 9.82. The second-order valence-corrected chi connectivity index (χ2v) is 6.82. The summed E-state index contributed by atoms with van der Waals surface area (Å²) >= 11 is 0. The Morgan fingerprint density at radius 3 is 2.67 bits per heavy atom. The van der Waals surface area contributed by atoms with Gasteiger partial charge in [0.2, 0.25) is 0 Å². The fraction of sp³-hybridized carbons (Fsp3) is 0.400. The Hall–Kier alpha value is -2.67. The van der Waals surface area contributed by atoms with Crippen molar-refractivity contribution < 1.29 is 13.9 Å². The predicted octanol–water partition coefficient (Wildman–Crippen LogP) is 1.59. The van der Waals surface area contributed by atoms with Gasteiger partial charge < -0.3 is 19.9 Å². The van der Waals surface area contributed by atoms with Crippen molar-refractivity contribution in [2.75, 3.05) is 44.2 Å². The minimum absolute atomic E-state index is 0.0484. The zero-order valence-corrected chi connectivity index (χ0v) is 15.2. The quantitative estimate of drug-likeness (QED) is 0.886. The number of hydrogen-bond acceptors (Lipinski definition) is 5. The number of anilines is 1. The molecule has 3 heterocycles. The zero-order valence-electron chi connectivity index (χ0n) is 15.2. The number of fused-ring (bicyclic) bond motifs is 1. The summed E-state index contributed by atoms with van der Waals surface area (Å²) in [5, 5.41) is 3.35. The summed E-state index contributed by atoms with van der Waals surface area (Å²) in [7, 11) is 0. The van der Waals surface area contributed by atoms with Gasteiger partial charge in [-0.15, -0.1) is 0 Å². The number of amides is 1. The van der Waals surface area contributed by atoms with Gasteiger partial charge >= 0.3 is 0 Å². The van der Waals surface area contributed by atoms with Crippen LogP contribution in [0.2, 0.25) is 0 Å². The molecule has 0 unspecified atom stereocenters. The van der Waals surface area contributed by atoms with E-state index in [2.05, 4.69) is 16.3 Å². The van der Waals surface area contributed by atoms with E-state index in [1.807, 2.05) is 6.07 Å². The van der Waals surface area contributed by atoms with Crippen LogP contribution in [0.15, 0.2) is 36.4 Å². The molecule has 0 bridgehead atoms. The Kier molecular flexibility index (Phi) is 5.20. The van der Waals surface area contributed by atoms with Gasteiger partial charge in [0.15, 0.2) is 6.61 Å². The molecule has 1 saturated heterocycles. The SMILES string of the molecule is O=C(COc1ccc(F)cc1)N1CCc2nc(N3CCNCC3)ccc2C1. The first-order valence-electron chi connectivity index (χ1n) is 9.30. The first-order valence-corrected chi connectivity index (χ1v) is 9.30. The van der Waals surface area contributed by atoms with E-state index in [0.717, 1.165) is 49.7 Å². The molecule has 4 rings (SSSR count). The third-order valence-corrected chi connectivity index (χ3v) is 5.00. The molecule has 27 heavy (non-hydrogen) atoms. The first-order chi connectivity index (χ1) is 13.2. The van der Waals surface area contributed by atoms with Gasteiger partial charge in [0.25, 0.3) is 5.91 Å². The van der Waals surface area contributed by atoms with Gasteiger partial charge in [0, 0.05) is 51.4 Å². The molecule has 0 saturated carbocycles. The highest BCUT2D eigenvalue weighted by Gasteiger charge is 2.23. The number of ether oxygens (including phenoxy) is 1. The van der Waals surface area contributed by atoms with Gasteiger partial charge in [0.05, 0.1) is 0 Å². The third kappa shape index (κ3) is 4.19. The maximum absolute atomic E-state index is 12.9. The topological polar surface area (TPSA) is 57.7 Å². The highest BCUT2D eigenvalue weighted by Crippen LogP contribution is 2.22. The van der Waals surface area contributed by atoms with Crippen LogP contribution in [-0.4, -0.2) is 55.1 Å². The molecule has 1 N–H and O–H groups in total. The maximum atomic E-state index is 12.9. The monoisotopic (exact) mass is 370 g/mol. The van der Waals surface area contributed by atoms with E-state index in [-0.39, 0.29) is 18.3 Å². The molecule has 2 aliphatic heterocycles. The van der Waals surface area contributed by atoms with Crippen LogP contribution in [0, 0.1) is 5.82 Å². The van der Waals surface area contributed by atoms with E-state index in [1.165, 1.54) is 24.3 Å². The standard InChI is InChI=1S/C20H23FN4O2/c21-16-2-4-17(5-3-16)27-14-20(26)25-10-7-18-15(13-25)1-6-19(23-18)24-11-8-22-9-12-24/h1-6,22H,7-14H2. The predicted molar refractivity (Wildman–Crippen MR) is 100 cm³/mol. The Labute approximate surface area is 157 Å². The molecule has 1 aromatic carbocycles. The Morgan fingerprint density at radius 1 is 1.11 bits per heavy atom. The number of carbonyl (C=O) groups excluding carboxylic acids is 1. The number of nitrogens with zero attached hydrogens (tertiary/aromatic N) is 3. The van der Waals surface area contributed by atoms with Crippen LogP contribution in [-0.2, 0) is 17.8 Å². The number of halogens is 1. The fourth-order valence-electron chi connectivity index (χ4n) is 3.45. The molecule has 2 aliphatic rings. The van der Waals surface area contributed by atoms with Crippen LogP contribution in [0.5, 0.6) is 5.75 Å². The number of hydrogen-bond donors (Lipinski definition) is 1.